The summed E-state index contributed by atoms with van der Waals surface area (Å²) in [5.41, 5.74) is 4.35. The maximum atomic E-state index is 13.6. The topological polar surface area (TPSA) is 52.7 Å². The molecular weight excluding hydrogens is 501 g/mol. The quantitative estimate of drug-likeness (QED) is 0.307. The van der Waals surface area contributed by atoms with E-state index < -0.39 is 11.9 Å². The molecule has 8 heteroatoms. The first-order valence-corrected chi connectivity index (χ1v) is 12.4. The van der Waals surface area contributed by atoms with E-state index in [0.717, 1.165) is 27.3 Å². The number of hydrogen-bond donors (Lipinski definition) is 1. The zero-order valence-corrected chi connectivity index (χ0v) is 21.8. The predicted molar refractivity (Wildman–Crippen MR) is 146 cm³/mol. The summed E-state index contributed by atoms with van der Waals surface area (Å²) in [7, 11) is 0. The van der Waals surface area contributed by atoms with Gasteiger partial charge in [-0.05, 0) is 61.8 Å². The Morgan fingerprint density at radius 1 is 1.03 bits per heavy atom. The van der Waals surface area contributed by atoms with Crippen molar-refractivity contribution in [2.24, 2.45) is 0 Å². The second kappa shape index (κ2) is 10.8. The standard InChI is InChI=1S/C27H25Cl2N3O2S/c1-17-11-12-22(18(2)15-17)30-27(35)31(14-13-19-7-4-3-5-8-19)23-16-24(33)32(26(23)34)25-20(28)9-6-10-21(25)29/h3-12,15,23H,13-14,16H2,1-2H3,(H,30,35). The van der Waals surface area contributed by atoms with Crippen LogP contribution in [0.2, 0.25) is 10.0 Å². The number of carbonyl (C=O) groups excluding carboxylic acids is 2. The molecule has 1 aliphatic rings. The van der Waals surface area contributed by atoms with E-state index in [1.165, 1.54) is 0 Å². The number of benzene rings is 3. The average Bonchev–Trinajstić information content (AvgIpc) is 3.10. The van der Waals surface area contributed by atoms with E-state index in [2.05, 4.69) is 11.4 Å². The van der Waals surface area contributed by atoms with Gasteiger partial charge in [0.2, 0.25) is 5.91 Å². The van der Waals surface area contributed by atoms with Gasteiger partial charge in [-0.3, -0.25) is 9.59 Å². The molecule has 1 unspecified atom stereocenters. The molecule has 0 bridgehead atoms. The second-order valence-corrected chi connectivity index (χ2v) is 9.74. The van der Waals surface area contributed by atoms with E-state index in [9.17, 15) is 9.59 Å². The maximum absolute atomic E-state index is 13.6. The fourth-order valence-electron chi connectivity index (χ4n) is 4.23. The number of nitrogens with one attached hydrogen (secondary N) is 1. The molecule has 0 aromatic heterocycles. The molecule has 0 spiro atoms. The van der Waals surface area contributed by atoms with Crippen LogP contribution in [-0.2, 0) is 16.0 Å². The van der Waals surface area contributed by atoms with Crippen molar-refractivity contribution in [3.05, 3.63) is 93.5 Å². The Morgan fingerprint density at radius 2 is 1.71 bits per heavy atom. The minimum atomic E-state index is -0.774. The fourth-order valence-corrected chi connectivity index (χ4v) is 5.13. The normalized spacial score (nSPS) is 15.4. The highest BCUT2D eigenvalue weighted by molar-refractivity contribution is 7.80. The van der Waals surface area contributed by atoms with Crippen molar-refractivity contribution >= 4 is 63.7 Å². The molecule has 3 aromatic carbocycles. The van der Waals surface area contributed by atoms with E-state index >= 15 is 0 Å². The Labute approximate surface area is 220 Å². The van der Waals surface area contributed by atoms with Crippen molar-refractivity contribution in [1.82, 2.24) is 4.90 Å². The molecule has 0 saturated carbocycles. The van der Waals surface area contributed by atoms with Gasteiger partial charge in [-0.2, -0.15) is 0 Å². The molecule has 1 heterocycles. The highest BCUT2D eigenvalue weighted by atomic mass is 35.5. The number of anilines is 2. The zero-order chi connectivity index (χ0) is 25.1. The fraction of sp³-hybridized carbons (Fsp3) is 0.222. The summed E-state index contributed by atoms with van der Waals surface area (Å²) >= 11 is 18.4. The van der Waals surface area contributed by atoms with Crippen molar-refractivity contribution in [1.29, 1.82) is 0 Å². The minimum absolute atomic E-state index is 0.0239. The molecule has 0 aliphatic carbocycles. The molecule has 3 aromatic rings. The van der Waals surface area contributed by atoms with Crippen LogP contribution in [0.25, 0.3) is 0 Å². The summed E-state index contributed by atoms with van der Waals surface area (Å²) in [5, 5.41) is 4.15. The molecule has 5 nitrogen and oxygen atoms in total. The molecule has 1 saturated heterocycles. The first-order chi connectivity index (χ1) is 16.8. The van der Waals surface area contributed by atoms with E-state index in [1.807, 2.05) is 56.3 Å². The number of carbonyl (C=O) groups is 2. The smallest absolute Gasteiger partial charge is 0.257 e. The van der Waals surface area contributed by atoms with Gasteiger partial charge in [0.1, 0.15) is 6.04 Å². The van der Waals surface area contributed by atoms with Crippen LogP contribution < -0.4 is 10.2 Å². The van der Waals surface area contributed by atoms with Gasteiger partial charge in [0.05, 0.1) is 22.2 Å². The lowest BCUT2D eigenvalue weighted by Gasteiger charge is -2.31. The Kier molecular flexibility index (Phi) is 7.75. The highest BCUT2D eigenvalue weighted by Gasteiger charge is 2.44. The summed E-state index contributed by atoms with van der Waals surface area (Å²) in [6.45, 7) is 4.48. The van der Waals surface area contributed by atoms with Crippen LogP contribution in [0.1, 0.15) is 23.1 Å². The number of halogens is 2. The molecule has 0 radical (unpaired) electrons. The van der Waals surface area contributed by atoms with Crippen LogP contribution in [0.5, 0.6) is 0 Å². The van der Waals surface area contributed by atoms with Crippen molar-refractivity contribution in [3.8, 4) is 0 Å². The van der Waals surface area contributed by atoms with E-state index in [1.54, 1.807) is 23.1 Å². The second-order valence-electron chi connectivity index (χ2n) is 8.54. The first-order valence-electron chi connectivity index (χ1n) is 11.3. The van der Waals surface area contributed by atoms with Crippen LogP contribution in [-0.4, -0.2) is 34.4 Å². The third-order valence-corrected chi connectivity index (χ3v) is 6.98. The third-order valence-electron chi connectivity index (χ3n) is 6.03. The lowest BCUT2D eigenvalue weighted by molar-refractivity contribution is -0.122. The molecule has 4 rings (SSSR count). The van der Waals surface area contributed by atoms with Crippen LogP contribution in [0.4, 0.5) is 11.4 Å². The maximum Gasteiger partial charge on any atom is 0.257 e. The van der Waals surface area contributed by atoms with Gasteiger partial charge in [-0.1, -0.05) is 77.3 Å². The number of thiocarbonyl (C=S) groups is 1. The van der Waals surface area contributed by atoms with Crippen LogP contribution in [0.3, 0.4) is 0 Å². The number of aryl methyl sites for hydroxylation is 2. The zero-order valence-electron chi connectivity index (χ0n) is 19.4. The minimum Gasteiger partial charge on any atom is -0.336 e. The number of para-hydroxylation sites is 1. The average molecular weight is 526 g/mol. The van der Waals surface area contributed by atoms with Gasteiger partial charge >= 0.3 is 0 Å². The number of amides is 2. The summed E-state index contributed by atoms with van der Waals surface area (Å²) in [5.74, 6) is -0.767. The van der Waals surface area contributed by atoms with Crippen LogP contribution in [0, 0.1) is 13.8 Å². The third kappa shape index (κ3) is 5.50. The van der Waals surface area contributed by atoms with Gasteiger partial charge in [-0.15, -0.1) is 0 Å². The molecule has 1 aliphatic heterocycles. The largest absolute Gasteiger partial charge is 0.336 e. The van der Waals surface area contributed by atoms with Crippen molar-refractivity contribution in [2.45, 2.75) is 32.7 Å². The molecule has 1 atom stereocenters. The molecule has 1 N–H and O–H groups in total. The number of hydrogen-bond acceptors (Lipinski definition) is 3. The lowest BCUT2D eigenvalue weighted by Crippen LogP contribution is -2.48. The van der Waals surface area contributed by atoms with E-state index in [-0.39, 0.29) is 28.1 Å². The summed E-state index contributed by atoms with van der Waals surface area (Å²) in [6.07, 6.45) is 0.629. The van der Waals surface area contributed by atoms with Crippen molar-refractivity contribution in [2.75, 3.05) is 16.8 Å². The monoisotopic (exact) mass is 525 g/mol. The summed E-state index contributed by atoms with van der Waals surface area (Å²) < 4.78 is 0. The van der Waals surface area contributed by atoms with Gasteiger partial charge in [0.25, 0.3) is 5.91 Å². The van der Waals surface area contributed by atoms with Crippen molar-refractivity contribution < 1.29 is 9.59 Å². The molecule has 1 fully saturated rings. The van der Waals surface area contributed by atoms with Gasteiger partial charge in [-0.25, -0.2) is 4.90 Å². The van der Waals surface area contributed by atoms with Gasteiger partial charge in [0.15, 0.2) is 5.11 Å². The number of nitrogens with zero attached hydrogens (tertiary/aromatic N) is 2. The van der Waals surface area contributed by atoms with Gasteiger partial charge < -0.3 is 10.2 Å². The summed E-state index contributed by atoms with van der Waals surface area (Å²) in [6, 6.07) is 20.1. The Morgan fingerprint density at radius 3 is 2.37 bits per heavy atom. The summed E-state index contributed by atoms with van der Waals surface area (Å²) in [4.78, 5) is 29.5. The first kappa shape index (κ1) is 25.2. The Hall–Kier alpha value is -2.93. The van der Waals surface area contributed by atoms with Crippen molar-refractivity contribution in [3.63, 3.8) is 0 Å². The molecule has 2 amide bonds. The van der Waals surface area contributed by atoms with Crippen LogP contribution >= 0.6 is 35.4 Å². The predicted octanol–water partition coefficient (Wildman–Crippen LogP) is 6.18. The molecular formula is C27H25Cl2N3O2S. The Balaban J connectivity index is 1.64. The lowest BCUT2D eigenvalue weighted by atomic mass is 10.1. The highest BCUT2D eigenvalue weighted by Crippen LogP contribution is 2.37. The van der Waals surface area contributed by atoms with E-state index in [4.69, 9.17) is 35.4 Å². The number of imide groups is 1. The Bertz CT molecular complexity index is 1260. The van der Waals surface area contributed by atoms with E-state index in [0.29, 0.717) is 18.1 Å². The number of rotatable bonds is 6. The molecule has 35 heavy (non-hydrogen) atoms. The SMILES string of the molecule is Cc1ccc(NC(=S)N(CCc2ccccc2)C2CC(=O)N(c3c(Cl)cccc3Cl)C2=O)c(C)c1. The molecule has 180 valence electrons. The van der Waals surface area contributed by atoms with Gasteiger partial charge in [0, 0.05) is 12.2 Å². The van der Waals surface area contributed by atoms with Crippen LogP contribution in [0.15, 0.2) is 66.7 Å².